The minimum Gasteiger partial charge on any atom is -0.451 e. The Hall–Kier alpha value is -2.78. The minimum atomic E-state index is -0.883. The summed E-state index contributed by atoms with van der Waals surface area (Å²) in [6, 6.07) is 10.1. The number of carbonyl (C=O) groups excluding carboxylic acids is 1. The average Bonchev–Trinajstić information content (AvgIpc) is 3.54. The van der Waals surface area contributed by atoms with Gasteiger partial charge >= 0.3 is 5.97 Å². The number of carbonyl (C=O) groups is 1. The third kappa shape index (κ3) is 5.16. The Labute approximate surface area is 194 Å². The van der Waals surface area contributed by atoms with E-state index in [1.54, 1.807) is 18.5 Å². The van der Waals surface area contributed by atoms with E-state index in [1.165, 1.54) is 0 Å². The van der Waals surface area contributed by atoms with Gasteiger partial charge in [-0.2, -0.15) is 10.4 Å². The SMILES string of the molecule is CCn1nc(C)c(Cl)c1/C(OC(C)OC(=O)C1CC1)=C(\C#N)c1ccc(C(C)(C)C)cc1. The van der Waals surface area contributed by atoms with Crippen molar-refractivity contribution in [3.8, 4) is 6.07 Å². The Morgan fingerprint density at radius 1 is 1.28 bits per heavy atom. The molecule has 0 radical (unpaired) electrons. The molecule has 1 aromatic carbocycles. The van der Waals surface area contributed by atoms with Crippen LogP contribution < -0.4 is 0 Å². The fraction of sp³-hybridized carbons (Fsp3) is 0.480. The molecule has 1 saturated carbocycles. The van der Waals surface area contributed by atoms with Crippen molar-refractivity contribution in [3.63, 3.8) is 0 Å². The van der Waals surface area contributed by atoms with Crippen molar-refractivity contribution in [2.24, 2.45) is 5.92 Å². The first-order valence-corrected chi connectivity index (χ1v) is 11.3. The van der Waals surface area contributed by atoms with E-state index in [-0.39, 0.29) is 23.1 Å². The predicted molar refractivity (Wildman–Crippen MR) is 125 cm³/mol. The fourth-order valence-corrected chi connectivity index (χ4v) is 3.61. The van der Waals surface area contributed by atoms with Gasteiger partial charge in [0, 0.05) is 13.5 Å². The van der Waals surface area contributed by atoms with E-state index in [0.29, 0.717) is 34.1 Å². The van der Waals surface area contributed by atoms with Gasteiger partial charge in [-0.25, -0.2) is 0 Å². The summed E-state index contributed by atoms with van der Waals surface area (Å²) in [7, 11) is 0. The van der Waals surface area contributed by atoms with Crippen LogP contribution in [0, 0.1) is 24.2 Å². The molecule has 0 bridgehead atoms. The van der Waals surface area contributed by atoms with Gasteiger partial charge in [-0.15, -0.1) is 0 Å². The zero-order chi connectivity index (χ0) is 23.6. The third-order valence-electron chi connectivity index (χ3n) is 5.42. The Morgan fingerprint density at radius 3 is 2.41 bits per heavy atom. The smallest absolute Gasteiger partial charge is 0.311 e. The molecule has 6 nitrogen and oxygen atoms in total. The van der Waals surface area contributed by atoms with Crippen molar-refractivity contribution < 1.29 is 14.3 Å². The zero-order valence-corrected chi connectivity index (χ0v) is 20.3. The number of halogens is 1. The number of nitrogens with zero attached hydrogens (tertiary/aromatic N) is 3. The second-order valence-electron chi connectivity index (χ2n) is 9.10. The molecule has 1 atom stereocenters. The van der Waals surface area contributed by atoms with E-state index in [9.17, 15) is 10.1 Å². The molecule has 1 unspecified atom stereocenters. The molecule has 1 fully saturated rings. The van der Waals surface area contributed by atoms with Gasteiger partial charge in [-0.3, -0.25) is 9.48 Å². The molecule has 7 heteroatoms. The molecule has 32 heavy (non-hydrogen) atoms. The number of benzene rings is 1. The quantitative estimate of drug-likeness (QED) is 0.226. The van der Waals surface area contributed by atoms with Crippen LogP contribution >= 0.6 is 11.6 Å². The van der Waals surface area contributed by atoms with E-state index in [4.69, 9.17) is 21.1 Å². The molecule has 0 spiro atoms. The van der Waals surface area contributed by atoms with Crippen LogP contribution in [0.15, 0.2) is 24.3 Å². The lowest BCUT2D eigenvalue weighted by molar-refractivity contribution is -0.165. The molecule has 0 amide bonds. The Balaban J connectivity index is 2.10. The monoisotopic (exact) mass is 455 g/mol. The van der Waals surface area contributed by atoms with E-state index < -0.39 is 6.29 Å². The molecule has 170 valence electrons. The number of aryl methyl sites for hydroxylation is 2. The van der Waals surface area contributed by atoms with Gasteiger partial charge in [-0.1, -0.05) is 56.6 Å². The Kier molecular flexibility index (Phi) is 7.00. The first-order chi connectivity index (χ1) is 15.1. The van der Waals surface area contributed by atoms with Crippen LogP contribution in [-0.4, -0.2) is 22.0 Å². The third-order valence-corrected chi connectivity index (χ3v) is 5.88. The highest BCUT2D eigenvalue weighted by Gasteiger charge is 2.33. The van der Waals surface area contributed by atoms with Crippen molar-refractivity contribution in [2.45, 2.75) is 72.6 Å². The first-order valence-electron chi connectivity index (χ1n) is 10.9. The van der Waals surface area contributed by atoms with E-state index in [1.807, 2.05) is 31.2 Å². The van der Waals surface area contributed by atoms with Crippen molar-refractivity contribution >= 4 is 28.9 Å². The second-order valence-corrected chi connectivity index (χ2v) is 9.48. The number of nitriles is 1. The van der Waals surface area contributed by atoms with Gasteiger partial charge in [0.2, 0.25) is 6.29 Å². The summed E-state index contributed by atoms with van der Waals surface area (Å²) < 4.78 is 13.3. The van der Waals surface area contributed by atoms with Crippen LogP contribution in [0.5, 0.6) is 0 Å². The van der Waals surface area contributed by atoms with Crippen LogP contribution in [0.4, 0.5) is 0 Å². The fourth-order valence-electron chi connectivity index (χ4n) is 3.39. The normalized spacial score (nSPS) is 15.6. The molecule has 2 aromatic rings. The molecular weight excluding hydrogens is 426 g/mol. The zero-order valence-electron chi connectivity index (χ0n) is 19.5. The minimum absolute atomic E-state index is 0.0127. The summed E-state index contributed by atoms with van der Waals surface area (Å²) >= 11 is 6.60. The summed E-state index contributed by atoms with van der Waals surface area (Å²) in [4.78, 5) is 12.1. The van der Waals surface area contributed by atoms with Gasteiger partial charge in [-0.05, 0) is 43.2 Å². The number of ether oxygens (including phenoxy) is 2. The first kappa shape index (κ1) is 23.9. The van der Waals surface area contributed by atoms with Crippen LogP contribution in [0.25, 0.3) is 11.3 Å². The molecule has 1 aromatic heterocycles. The molecule has 0 aliphatic heterocycles. The largest absolute Gasteiger partial charge is 0.451 e. The Bertz CT molecular complexity index is 1070. The summed E-state index contributed by atoms with van der Waals surface area (Å²) in [5.41, 5.74) is 3.26. The standard InChI is InChI=1S/C25H30ClN3O3/c1-7-29-22(21(26)15(2)28-29)23(31-16(3)32-24(30)18-8-9-18)20(14-27)17-10-12-19(13-11-17)25(4,5)6/h10-13,16,18H,7-9H2,1-6H3/b23-20-. The van der Waals surface area contributed by atoms with Gasteiger partial charge in [0.1, 0.15) is 17.3 Å². The van der Waals surface area contributed by atoms with Gasteiger partial charge in [0.15, 0.2) is 5.76 Å². The van der Waals surface area contributed by atoms with Crippen molar-refractivity contribution in [2.75, 3.05) is 0 Å². The molecule has 3 rings (SSSR count). The number of esters is 1. The molecule has 1 aliphatic rings. The molecular formula is C25H30ClN3O3. The second kappa shape index (κ2) is 9.38. The number of hydrogen-bond donors (Lipinski definition) is 0. The maximum Gasteiger partial charge on any atom is 0.311 e. The highest BCUT2D eigenvalue weighted by atomic mass is 35.5. The molecule has 1 aliphatic carbocycles. The molecule has 0 N–H and O–H groups in total. The summed E-state index contributed by atoms with van der Waals surface area (Å²) in [5.74, 6) is -0.0865. The number of aromatic nitrogens is 2. The lowest BCUT2D eigenvalue weighted by Crippen LogP contribution is -2.20. The van der Waals surface area contributed by atoms with Crippen LogP contribution in [0.1, 0.15) is 70.0 Å². The molecule has 1 heterocycles. The lowest BCUT2D eigenvalue weighted by atomic mass is 9.86. The predicted octanol–water partition coefficient (Wildman–Crippen LogP) is 5.87. The maximum atomic E-state index is 12.1. The summed E-state index contributed by atoms with van der Waals surface area (Å²) in [5, 5.41) is 15.0. The average molecular weight is 456 g/mol. The van der Waals surface area contributed by atoms with Crippen LogP contribution in [-0.2, 0) is 26.2 Å². The van der Waals surface area contributed by atoms with E-state index >= 15 is 0 Å². The van der Waals surface area contributed by atoms with Gasteiger partial charge in [0.05, 0.1) is 16.6 Å². The Morgan fingerprint density at radius 2 is 1.91 bits per heavy atom. The number of allylic oxidation sites excluding steroid dienone is 1. The van der Waals surface area contributed by atoms with E-state index in [0.717, 1.165) is 18.4 Å². The topological polar surface area (TPSA) is 77.1 Å². The summed E-state index contributed by atoms with van der Waals surface area (Å²) in [6.45, 7) is 12.3. The van der Waals surface area contributed by atoms with Crippen molar-refractivity contribution in [1.82, 2.24) is 9.78 Å². The number of rotatable bonds is 7. The lowest BCUT2D eigenvalue weighted by Gasteiger charge is -2.21. The van der Waals surface area contributed by atoms with Crippen LogP contribution in [0.2, 0.25) is 5.02 Å². The van der Waals surface area contributed by atoms with E-state index in [2.05, 4.69) is 31.9 Å². The van der Waals surface area contributed by atoms with Crippen LogP contribution in [0.3, 0.4) is 0 Å². The number of hydrogen-bond acceptors (Lipinski definition) is 5. The molecule has 0 saturated heterocycles. The van der Waals surface area contributed by atoms with Crippen molar-refractivity contribution in [3.05, 3.63) is 51.8 Å². The van der Waals surface area contributed by atoms with Gasteiger partial charge in [0.25, 0.3) is 0 Å². The highest BCUT2D eigenvalue weighted by molar-refractivity contribution is 6.33. The highest BCUT2D eigenvalue weighted by Crippen LogP contribution is 2.36. The maximum absolute atomic E-state index is 12.1. The van der Waals surface area contributed by atoms with Crippen molar-refractivity contribution in [1.29, 1.82) is 5.26 Å². The van der Waals surface area contributed by atoms with Gasteiger partial charge < -0.3 is 9.47 Å². The summed E-state index contributed by atoms with van der Waals surface area (Å²) in [6.07, 6.45) is 0.795.